The maximum atomic E-state index is 11.2. The molecule has 0 amide bonds. The van der Waals surface area contributed by atoms with E-state index in [-0.39, 0.29) is 0 Å². The van der Waals surface area contributed by atoms with Crippen molar-refractivity contribution in [1.82, 2.24) is 14.9 Å². The average Bonchev–Trinajstić information content (AvgIpc) is 2.61. The largest absolute Gasteiger partial charge is 0.478 e. The third-order valence-electron chi connectivity index (χ3n) is 4.15. The topological polar surface area (TPSA) is 69.6 Å². The van der Waals surface area contributed by atoms with E-state index in [4.69, 9.17) is 0 Å². The Morgan fingerprint density at radius 1 is 1.04 bits per heavy atom. The number of piperazine rings is 1. The molecule has 0 spiro atoms. The van der Waals surface area contributed by atoms with Gasteiger partial charge >= 0.3 is 5.97 Å². The molecule has 1 fully saturated rings. The van der Waals surface area contributed by atoms with Crippen LogP contribution < -0.4 is 4.90 Å². The third kappa shape index (κ3) is 3.84. The smallest absolute Gasteiger partial charge is 0.335 e. The molecule has 1 aliphatic rings. The molecule has 2 aromatic rings. The minimum atomic E-state index is -0.855. The van der Waals surface area contributed by atoms with Crippen LogP contribution in [-0.2, 0) is 6.42 Å². The lowest BCUT2D eigenvalue weighted by atomic mass is 10.0. The summed E-state index contributed by atoms with van der Waals surface area (Å²) in [5.74, 6) is -0.0741. The molecule has 0 saturated carbocycles. The molecule has 0 aliphatic carbocycles. The molecular weight excluding hydrogens is 292 g/mol. The second kappa shape index (κ2) is 7.19. The number of aromatic nitrogens is 2. The minimum Gasteiger partial charge on any atom is -0.478 e. The molecule has 0 unspecified atom stereocenters. The highest BCUT2D eigenvalue weighted by Crippen LogP contribution is 2.13. The second-order valence-electron chi connectivity index (χ2n) is 5.59. The fourth-order valence-electron chi connectivity index (χ4n) is 2.85. The third-order valence-corrected chi connectivity index (χ3v) is 4.15. The zero-order chi connectivity index (χ0) is 16.1. The van der Waals surface area contributed by atoms with Gasteiger partial charge in [-0.25, -0.2) is 14.8 Å². The number of carboxylic acid groups (broad SMARTS) is 1. The van der Waals surface area contributed by atoms with Crippen LogP contribution in [0.3, 0.4) is 0 Å². The molecule has 1 aromatic heterocycles. The van der Waals surface area contributed by atoms with Crippen molar-refractivity contribution in [3.05, 3.63) is 53.9 Å². The first-order chi connectivity index (χ1) is 11.2. The molecule has 1 saturated heterocycles. The average molecular weight is 312 g/mol. The van der Waals surface area contributed by atoms with Crippen LogP contribution in [0.25, 0.3) is 0 Å². The molecule has 3 rings (SSSR count). The first kappa shape index (κ1) is 15.4. The molecular formula is C17H20N4O2. The standard InChI is InChI=1S/C17H20N4O2/c22-16(23)15-5-2-1-4-14(15)6-9-20-10-12-21(13-11-20)17-18-7-3-8-19-17/h1-5,7-8H,6,9-13H2,(H,22,23). The Hall–Kier alpha value is -2.47. The summed E-state index contributed by atoms with van der Waals surface area (Å²) in [4.78, 5) is 24.3. The second-order valence-corrected chi connectivity index (χ2v) is 5.59. The molecule has 1 N–H and O–H groups in total. The number of carbonyl (C=O) groups is 1. The van der Waals surface area contributed by atoms with Crippen molar-refractivity contribution in [1.29, 1.82) is 0 Å². The maximum Gasteiger partial charge on any atom is 0.335 e. The van der Waals surface area contributed by atoms with E-state index < -0.39 is 5.97 Å². The molecule has 0 atom stereocenters. The van der Waals surface area contributed by atoms with Gasteiger partial charge in [-0.2, -0.15) is 0 Å². The Labute approximate surface area is 135 Å². The van der Waals surface area contributed by atoms with Gasteiger partial charge < -0.3 is 10.0 Å². The van der Waals surface area contributed by atoms with Gasteiger partial charge in [0.1, 0.15) is 0 Å². The number of carboxylic acids is 1. The number of hydrogen-bond acceptors (Lipinski definition) is 5. The molecule has 23 heavy (non-hydrogen) atoms. The summed E-state index contributed by atoms with van der Waals surface area (Å²) < 4.78 is 0. The van der Waals surface area contributed by atoms with E-state index in [2.05, 4.69) is 19.8 Å². The summed E-state index contributed by atoms with van der Waals surface area (Å²) in [7, 11) is 0. The monoisotopic (exact) mass is 312 g/mol. The Kier molecular flexibility index (Phi) is 4.83. The molecule has 0 bridgehead atoms. The van der Waals surface area contributed by atoms with E-state index in [1.54, 1.807) is 24.5 Å². The summed E-state index contributed by atoms with van der Waals surface area (Å²) in [6, 6.07) is 9.05. The number of hydrogen-bond donors (Lipinski definition) is 1. The van der Waals surface area contributed by atoms with Gasteiger partial charge in [0.25, 0.3) is 0 Å². The molecule has 6 nitrogen and oxygen atoms in total. The van der Waals surface area contributed by atoms with Crippen molar-refractivity contribution in [2.24, 2.45) is 0 Å². The van der Waals surface area contributed by atoms with Crippen molar-refractivity contribution in [3.8, 4) is 0 Å². The van der Waals surface area contributed by atoms with Crippen LogP contribution in [0, 0.1) is 0 Å². The number of nitrogens with zero attached hydrogens (tertiary/aromatic N) is 4. The van der Waals surface area contributed by atoms with E-state index in [1.807, 2.05) is 18.2 Å². The number of benzene rings is 1. The molecule has 120 valence electrons. The zero-order valence-corrected chi connectivity index (χ0v) is 12.9. The van der Waals surface area contributed by atoms with Crippen molar-refractivity contribution in [2.75, 3.05) is 37.6 Å². The summed E-state index contributed by atoms with van der Waals surface area (Å²) in [6.07, 6.45) is 4.28. The summed E-state index contributed by atoms with van der Waals surface area (Å²) in [6.45, 7) is 4.53. The number of anilines is 1. The van der Waals surface area contributed by atoms with Crippen molar-refractivity contribution in [2.45, 2.75) is 6.42 Å². The Bertz CT molecular complexity index is 655. The van der Waals surface area contributed by atoms with Crippen LogP contribution in [0.1, 0.15) is 15.9 Å². The fourth-order valence-corrected chi connectivity index (χ4v) is 2.85. The highest BCUT2D eigenvalue weighted by Gasteiger charge is 2.19. The lowest BCUT2D eigenvalue weighted by Crippen LogP contribution is -2.47. The minimum absolute atomic E-state index is 0.406. The van der Waals surface area contributed by atoms with Crippen LogP contribution in [0.4, 0.5) is 5.95 Å². The van der Waals surface area contributed by atoms with E-state index >= 15 is 0 Å². The Morgan fingerprint density at radius 2 is 1.74 bits per heavy atom. The first-order valence-electron chi connectivity index (χ1n) is 7.79. The van der Waals surface area contributed by atoms with Crippen molar-refractivity contribution < 1.29 is 9.90 Å². The maximum absolute atomic E-state index is 11.2. The van der Waals surface area contributed by atoms with Gasteiger partial charge in [0.2, 0.25) is 5.95 Å². The van der Waals surface area contributed by atoms with Crippen LogP contribution in [-0.4, -0.2) is 58.7 Å². The highest BCUT2D eigenvalue weighted by molar-refractivity contribution is 5.89. The zero-order valence-electron chi connectivity index (χ0n) is 12.9. The van der Waals surface area contributed by atoms with E-state index in [0.29, 0.717) is 5.56 Å². The summed E-state index contributed by atoms with van der Waals surface area (Å²) >= 11 is 0. The van der Waals surface area contributed by atoms with Crippen molar-refractivity contribution >= 4 is 11.9 Å². The molecule has 1 aliphatic heterocycles. The van der Waals surface area contributed by atoms with Gasteiger partial charge in [0.05, 0.1) is 5.56 Å². The molecule has 2 heterocycles. The van der Waals surface area contributed by atoms with E-state index in [0.717, 1.165) is 50.7 Å². The fraction of sp³-hybridized carbons (Fsp3) is 0.353. The van der Waals surface area contributed by atoms with Crippen molar-refractivity contribution in [3.63, 3.8) is 0 Å². The lowest BCUT2D eigenvalue weighted by Gasteiger charge is -2.34. The lowest BCUT2D eigenvalue weighted by molar-refractivity contribution is 0.0695. The van der Waals surface area contributed by atoms with E-state index in [1.165, 1.54) is 0 Å². The highest BCUT2D eigenvalue weighted by atomic mass is 16.4. The van der Waals surface area contributed by atoms with Gasteiger partial charge in [-0.1, -0.05) is 18.2 Å². The van der Waals surface area contributed by atoms with E-state index in [9.17, 15) is 9.90 Å². The first-order valence-corrected chi connectivity index (χ1v) is 7.79. The van der Waals surface area contributed by atoms with Gasteiger partial charge in [-0.15, -0.1) is 0 Å². The Balaban J connectivity index is 1.53. The molecule has 6 heteroatoms. The predicted molar refractivity (Wildman–Crippen MR) is 87.8 cm³/mol. The number of rotatable bonds is 5. The molecule has 0 radical (unpaired) electrons. The predicted octanol–water partition coefficient (Wildman–Crippen LogP) is 1.54. The summed E-state index contributed by atoms with van der Waals surface area (Å²) in [5, 5.41) is 9.23. The quantitative estimate of drug-likeness (QED) is 0.903. The Morgan fingerprint density at radius 3 is 2.43 bits per heavy atom. The van der Waals surface area contributed by atoms with Gasteiger partial charge in [-0.05, 0) is 24.1 Å². The number of aromatic carboxylic acids is 1. The normalized spacial score (nSPS) is 15.6. The van der Waals surface area contributed by atoms with Crippen LogP contribution in [0.2, 0.25) is 0 Å². The van der Waals surface area contributed by atoms with Crippen LogP contribution >= 0.6 is 0 Å². The molecule has 1 aromatic carbocycles. The van der Waals surface area contributed by atoms with Gasteiger partial charge in [0, 0.05) is 45.1 Å². The van der Waals surface area contributed by atoms with Crippen LogP contribution in [0.5, 0.6) is 0 Å². The van der Waals surface area contributed by atoms with Crippen LogP contribution in [0.15, 0.2) is 42.7 Å². The summed E-state index contributed by atoms with van der Waals surface area (Å²) in [5.41, 5.74) is 1.30. The SMILES string of the molecule is O=C(O)c1ccccc1CCN1CCN(c2ncccn2)CC1. The van der Waals surface area contributed by atoms with Gasteiger partial charge in [0.15, 0.2) is 0 Å². The van der Waals surface area contributed by atoms with Gasteiger partial charge in [-0.3, -0.25) is 4.90 Å².